The van der Waals surface area contributed by atoms with Crippen LogP contribution in [0.1, 0.15) is 58.4 Å². The van der Waals surface area contributed by atoms with E-state index in [1.54, 1.807) is 7.11 Å². The molecule has 4 nitrogen and oxygen atoms in total. The number of carbonyl (C=O) groups is 1. The van der Waals surface area contributed by atoms with Crippen molar-refractivity contribution in [3.8, 4) is 5.75 Å². The maximum Gasteiger partial charge on any atom is 0.306 e. The number of hydrogen-bond donors (Lipinski definition) is 0. The lowest BCUT2D eigenvalue weighted by Crippen LogP contribution is -2.27. The average Bonchev–Trinajstić information content (AvgIpc) is 2.72. The Morgan fingerprint density at radius 2 is 2.00 bits per heavy atom. The molecule has 0 fully saturated rings. The first kappa shape index (κ1) is 24.2. The molecule has 4 atom stereocenters. The van der Waals surface area contributed by atoms with E-state index in [-0.39, 0.29) is 18.2 Å². The molecule has 0 saturated carbocycles. The van der Waals surface area contributed by atoms with Crippen molar-refractivity contribution in [3.05, 3.63) is 41.5 Å². The zero-order valence-corrected chi connectivity index (χ0v) is 20.3. The second kappa shape index (κ2) is 12.6. The van der Waals surface area contributed by atoms with Crippen LogP contribution in [0.4, 0.5) is 0 Å². The van der Waals surface area contributed by atoms with Crippen LogP contribution < -0.4 is 4.74 Å². The van der Waals surface area contributed by atoms with Crippen molar-refractivity contribution in [2.45, 2.75) is 71.7 Å². The highest BCUT2D eigenvalue weighted by atomic mass is 127. The van der Waals surface area contributed by atoms with E-state index in [0.717, 1.165) is 41.4 Å². The van der Waals surface area contributed by atoms with E-state index in [2.05, 4.69) is 49.4 Å². The van der Waals surface area contributed by atoms with E-state index in [9.17, 15) is 4.79 Å². The Hall–Kier alpha value is -1.08. The third kappa shape index (κ3) is 8.28. The van der Waals surface area contributed by atoms with Gasteiger partial charge in [-0.2, -0.15) is 0 Å². The molecule has 0 N–H and O–H groups in total. The molecular weight excluding hydrogens is 479 g/mol. The summed E-state index contributed by atoms with van der Waals surface area (Å²) < 4.78 is 18.3. The summed E-state index contributed by atoms with van der Waals surface area (Å²) in [4.78, 5) is 12.3. The Kier molecular flexibility index (Phi) is 10.5. The molecule has 0 unspecified atom stereocenters. The van der Waals surface area contributed by atoms with Gasteiger partial charge in [-0.05, 0) is 49.8 Å². The fraction of sp³-hybridized carbons (Fsp3) is 0.625. The number of rotatable bonds is 6. The first-order valence-electron chi connectivity index (χ1n) is 10.6. The van der Waals surface area contributed by atoms with Crippen LogP contribution in [0.3, 0.4) is 0 Å². The summed E-state index contributed by atoms with van der Waals surface area (Å²) >= 11 is 2.37. The molecule has 0 aromatic heterocycles. The Bertz CT molecular complexity index is 655. The van der Waals surface area contributed by atoms with Gasteiger partial charge in [-0.3, -0.25) is 4.79 Å². The van der Waals surface area contributed by atoms with Crippen molar-refractivity contribution in [2.24, 2.45) is 11.8 Å². The van der Waals surface area contributed by atoms with E-state index in [4.69, 9.17) is 14.2 Å². The van der Waals surface area contributed by atoms with Crippen molar-refractivity contribution >= 4 is 28.6 Å². The minimum absolute atomic E-state index is 0.0220. The van der Waals surface area contributed by atoms with E-state index in [1.807, 2.05) is 24.3 Å². The van der Waals surface area contributed by atoms with Gasteiger partial charge in [0, 0.05) is 23.2 Å². The molecule has 0 bridgehead atoms. The third-order valence-corrected chi connectivity index (χ3v) is 7.02. The predicted octanol–water partition coefficient (Wildman–Crippen LogP) is 6.11. The SMILES string of the molecule is COc1ccc(CO[C@H]2CCCC(=O)O[C@@H]([C@@H](C)CI)C/C=C(\C)C[C@@H]2C)cc1. The maximum atomic E-state index is 12.3. The number of methoxy groups -OCH3 is 1. The zero-order chi connectivity index (χ0) is 21.2. The number of alkyl halides is 1. The lowest BCUT2D eigenvalue weighted by Gasteiger charge is -2.27. The topological polar surface area (TPSA) is 44.8 Å². The maximum absolute atomic E-state index is 12.3. The zero-order valence-electron chi connectivity index (χ0n) is 18.2. The third-order valence-electron chi connectivity index (χ3n) is 5.63. The van der Waals surface area contributed by atoms with Gasteiger partial charge in [0.15, 0.2) is 0 Å². The fourth-order valence-electron chi connectivity index (χ4n) is 3.67. The van der Waals surface area contributed by atoms with Crippen molar-refractivity contribution in [2.75, 3.05) is 11.5 Å². The Balaban J connectivity index is 2.03. The van der Waals surface area contributed by atoms with E-state index < -0.39 is 0 Å². The number of benzene rings is 1. The Morgan fingerprint density at radius 1 is 1.28 bits per heavy atom. The second-order valence-corrected chi connectivity index (χ2v) is 9.10. The number of ether oxygens (including phenoxy) is 3. The van der Waals surface area contributed by atoms with Crippen molar-refractivity contribution in [1.29, 1.82) is 0 Å². The lowest BCUT2D eigenvalue weighted by atomic mass is 9.91. The fourth-order valence-corrected chi connectivity index (χ4v) is 4.24. The van der Waals surface area contributed by atoms with Crippen LogP contribution in [0.25, 0.3) is 0 Å². The lowest BCUT2D eigenvalue weighted by molar-refractivity contribution is -0.151. The van der Waals surface area contributed by atoms with Crippen molar-refractivity contribution < 1.29 is 19.0 Å². The summed E-state index contributed by atoms with van der Waals surface area (Å²) in [5.74, 6) is 1.53. The number of cyclic esters (lactones) is 1. The predicted molar refractivity (Wildman–Crippen MR) is 126 cm³/mol. The molecule has 2 rings (SSSR count). The molecule has 0 amide bonds. The quantitative estimate of drug-likeness (QED) is 0.199. The molecular formula is C24H35IO4. The highest BCUT2D eigenvalue weighted by Crippen LogP contribution is 2.26. The molecule has 29 heavy (non-hydrogen) atoms. The summed E-state index contributed by atoms with van der Waals surface area (Å²) in [6.07, 6.45) is 6.28. The van der Waals surface area contributed by atoms with Crippen molar-refractivity contribution in [3.63, 3.8) is 0 Å². The second-order valence-electron chi connectivity index (χ2n) is 8.22. The van der Waals surface area contributed by atoms with Gasteiger partial charge in [0.2, 0.25) is 0 Å². The number of esters is 1. The highest BCUT2D eigenvalue weighted by Gasteiger charge is 2.23. The number of carbonyl (C=O) groups excluding carboxylic acids is 1. The first-order valence-corrected chi connectivity index (χ1v) is 12.1. The summed E-state index contributed by atoms with van der Waals surface area (Å²) in [5, 5.41) is 0. The molecule has 1 aliphatic heterocycles. The van der Waals surface area contributed by atoms with Crippen LogP contribution in [0.15, 0.2) is 35.9 Å². The van der Waals surface area contributed by atoms with Gasteiger partial charge in [0.25, 0.3) is 0 Å². The van der Waals surface area contributed by atoms with Crippen LogP contribution in [-0.4, -0.2) is 29.7 Å². The summed E-state index contributed by atoms with van der Waals surface area (Å²) in [6.45, 7) is 7.16. The van der Waals surface area contributed by atoms with Crippen molar-refractivity contribution in [1.82, 2.24) is 0 Å². The van der Waals surface area contributed by atoms with Crippen LogP contribution in [0.2, 0.25) is 0 Å². The van der Waals surface area contributed by atoms with Gasteiger partial charge in [0.05, 0.1) is 19.8 Å². The van der Waals surface area contributed by atoms with Gasteiger partial charge in [-0.15, -0.1) is 0 Å². The summed E-state index contributed by atoms with van der Waals surface area (Å²) in [6, 6.07) is 7.99. The monoisotopic (exact) mass is 514 g/mol. The molecule has 5 heteroatoms. The normalized spacial score (nSPS) is 27.0. The minimum atomic E-state index is -0.0834. The van der Waals surface area contributed by atoms with Crippen LogP contribution >= 0.6 is 22.6 Å². The van der Waals surface area contributed by atoms with E-state index >= 15 is 0 Å². The van der Waals surface area contributed by atoms with E-state index in [0.29, 0.717) is 24.9 Å². The van der Waals surface area contributed by atoms with Crippen LogP contribution in [0, 0.1) is 11.8 Å². The van der Waals surface area contributed by atoms with Gasteiger partial charge in [-0.25, -0.2) is 0 Å². The van der Waals surface area contributed by atoms with Gasteiger partial charge in [-0.1, -0.05) is 60.2 Å². The number of hydrogen-bond acceptors (Lipinski definition) is 4. The molecule has 162 valence electrons. The van der Waals surface area contributed by atoms with Gasteiger partial charge < -0.3 is 14.2 Å². The average molecular weight is 514 g/mol. The Morgan fingerprint density at radius 3 is 2.66 bits per heavy atom. The Labute approximate surface area is 189 Å². The number of allylic oxidation sites excluding steroid dienone is 1. The number of halogens is 1. The minimum Gasteiger partial charge on any atom is -0.497 e. The summed E-state index contributed by atoms with van der Waals surface area (Å²) in [5.41, 5.74) is 2.48. The molecule has 0 radical (unpaired) electrons. The standard InChI is InChI=1S/C24H35IO4/c1-17-8-13-23(19(3)15-25)29-24(26)7-5-6-22(18(2)14-17)28-16-20-9-11-21(27-4)12-10-20/h8-12,18-19,22-23H,5-7,13-16H2,1-4H3/b17-8+/t18-,19-,22-,23+/m0/s1. The van der Waals surface area contributed by atoms with Gasteiger partial charge >= 0.3 is 5.97 Å². The molecule has 1 heterocycles. The molecule has 0 spiro atoms. The van der Waals surface area contributed by atoms with Crippen LogP contribution in [-0.2, 0) is 20.9 Å². The molecule has 0 saturated heterocycles. The molecule has 1 aliphatic rings. The molecule has 1 aromatic carbocycles. The smallest absolute Gasteiger partial charge is 0.306 e. The van der Waals surface area contributed by atoms with Crippen LogP contribution in [0.5, 0.6) is 5.75 Å². The van der Waals surface area contributed by atoms with Gasteiger partial charge in [0.1, 0.15) is 11.9 Å². The summed E-state index contributed by atoms with van der Waals surface area (Å²) in [7, 11) is 1.67. The van der Waals surface area contributed by atoms with E-state index in [1.165, 1.54) is 5.57 Å². The molecule has 1 aromatic rings. The largest absolute Gasteiger partial charge is 0.497 e. The highest BCUT2D eigenvalue weighted by molar-refractivity contribution is 14.1. The first-order chi connectivity index (χ1) is 13.9. The molecule has 0 aliphatic carbocycles.